The predicted molar refractivity (Wildman–Crippen MR) is 73.3 cm³/mol. The molecule has 0 saturated heterocycles. The van der Waals surface area contributed by atoms with Crippen LogP contribution in [0.5, 0.6) is 0 Å². The number of hydrogen-bond donors (Lipinski definition) is 1. The monoisotopic (exact) mass is 245 g/mol. The first-order valence-corrected chi connectivity index (χ1v) is 7.67. The van der Waals surface area contributed by atoms with Crippen LogP contribution in [0.2, 0.25) is 0 Å². The molecular formula is C13H27NOS. The molecule has 2 nitrogen and oxygen atoms in total. The summed E-state index contributed by atoms with van der Waals surface area (Å²) in [7, 11) is 2.04. The molecule has 96 valence electrons. The van der Waals surface area contributed by atoms with Crippen LogP contribution in [0.1, 0.15) is 46.0 Å². The first kappa shape index (κ1) is 14.3. The molecule has 1 atom stereocenters. The Bertz CT molecular complexity index is 169. The van der Waals surface area contributed by atoms with Gasteiger partial charge in [-0.05, 0) is 33.7 Å². The van der Waals surface area contributed by atoms with E-state index in [1.165, 1.54) is 37.9 Å². The van der Waals surface area contributed by atoms with Gasteiger partial charge in [-0.25, -0.2) is 0 Å². The van der Waals surface area contributed by atoms with E-state index in [0.717, 1.165) is 11.9 Å². The molecule has 0 aromatic rings. The van der Waals surface area contributed by atoms with Gasteiger partial charge in [0, 0.05) is 17.0 Å². The first-order valence-electron chi connectivity index (χ1n) is 6.63. The molecule has 0 aromatic heterocycles. The van der Waals surface area contributed by atoms with Crippen molar-refractivity contribution in [3.63, 3.8) is 0 Å². The molecule has 1 saturated carbocycles. The van der Waals surface area contributed by atoms with Crippen LogP contribution in [0.25, 0.3) is 0 Å². The average molecular weight is 245 g/mol. The standard InChI is InChI=1S/C13H27NOS/c1-11(2)15-9-12(14-3)10-16-13-7-5-4-6-8-13/h11-14H,4-10H2,1-3H3. The molecule has 1 fully saturated rings. The highest BCUT2D eigenvalue weighted by Crippen LogP contribution is 2.28. The first-order chi connectivity index (χ1) is 7.72. The molecule has 1 aliphatic rings. The van der Waals surface area contributed by atoms with Crippen LogP contribution in [0, 0.1) is 0 Å². The van der Waals surface area contributed by atoms with Gasteiger partial charge in [0.1, 0.15) is 0 Å². The molecule has 0 spiro atoms. The van der Waals surface area contributed by atoms with Crippen molar-refractivity contribution in [1.29, 1.82) is 0 Å². The van der Waals surface area contributed by atoms with E-state index in [1.54, 1.807) is 0 Å². The number of thioether (sulfide) groups is 1. The molecule has 0 aliphatic heterocycles. The summed E-state index contributed by atoms with van der Waals surface area (Å²) < 4.78 is 5.66. The lowest BCUT2D eigenvalue weighted by Gasteiger charge is -2.24. The van der Waals surface area contributed by atoms with E-state index in [-0.39, 0.29) is 0 Å². The van der Waals surface area contributed by atoms with Gasteiger partial charge in [-0.2, -0.15) is 11.8 Å². The van der Waals surface area contributed by atoms with E-state index in [9.17, 15) is 0 Å². The summed E-state index contributed by atoms with van der Waals surface area (Å²) in [5.41, 5.74) is 0. The molecule has 16 heavy (non-hydrogen) atoms. The Labute approximate surface area is 105 Å². The Morgan fingerprint density at radius 3 is 2.50 bits per heavy atom. The van der Waals surface area contributed by atoms with Gasteiger partial charge < -0.3 is 10.1 Å². The van der Waals surface area contributed by atoms with E-state index in [1.807, 2.05) is 7.05 Å². The molecule has 0 bridgehead atoms. The minimum atomic E-state index is 0.343. The number of hydrogen-bond acceptors (Lipinski definition) is 3. The molecule has 1 rings (SSSR count). The lowest BCUT2D eigenvalue weighted by Crippen LogP contribution is -2.34. The van der Waals surface area contributed by atoms with Gasteiger partial charge in [-0.1, -0.05) is 19.3 Å². The molecule has 1 aliphatic carbocycles. The normalized spacial score (nSPS) is 20.2. The summed E-state index contributed by atoms with van der Waals surface area (Å²) in [5, 5.41) is 4.26. The lowest BCUT2D eigenvalue weighted by molar-refractivity contribution is 0.0668. The second kappa shape index (κ2) is 8.37. The van der Waals surface area contributed by atoms with Crippen LogP contribution in [0.3, 0.4) is 0 Å². The molecule has 0 radical (unpaired) electrons. The van der Waals surface area contributed by atoms with Crippen molar-refractivity contribution in [1.82, 2.24) is 5.32 Å². The minimum absolute atomic E-state index is 0.343. The van der Waals surface area contributed by atoms with Crippen LogP contribution in [0.4, 0.5) is 0 Å². The fraction of sp³-hybridized carbons (Fsp3) is 1.00. The van der Waals surface area contributed by atoms with Crippen LogP contribution in [-0.2, 0) is 4.74 Å². The molecule has 0 aromatic carbocycles. The predicted octanol–water partition coefficient (Wildman–Crippen LogP) is 3.07. The quantitative estimate of drug-likeness (QED) is 0.745. The van der Waals surface area contributed by atoms with Crippen LogP contribution in [-0.4, -0.2) is 36.8 Å². The molecule has 0 heterocycles. The number of nitrogens with one attached hydrogen (secondary N) is 1. The van der Waals surface area contributed by atoms with Crippen molar-refractivity contribution in [3.8, 4) is 0 Å². The highest BCUT2D eigenvalue weighted by atomic mass is 32.2. The zero-order valence-electron chi connectivity index (χ0n) is 11.0. The second-order valence-corrected chi connectivity index (χ2v) is 6.29. The van der Waals surface area contributed by atoms with Gasteiger partial charge >= 0.3 is 0 Å². The number of rotatable bonds is 7. The van der Waals surface area contributed by atoms with E-state index >= 15 is 0 Å². The largest absolute Gasteiger partial charge is 0.377 e. The van der Waals surface area contributed by atoms with Crippen molar-refractivity contribution >= 4 is 11.8 Å². The second-order valence-electron chi connectivity index (χ2n) is 4.96. The Morgan fingerprint density at radius 2 is 1.94 bits per heavy atom. The number of likely N-dealkylation sites (N-methyl/N-ethyl adjacent to an activating group) is 1. The van der Waals surface area contributed by atoms with Crippen LogP contribution >= 0.6 is 11.8 Å². The summed E-state index contributed by atoms with van der Waals surface area (Å²) in [4.78, 5) is 0. The Morgan fingerprint density at radius 1 is 1.25 bits per heavy atom. The van der Waals surface area contributed by atoms with Crippen molar-refractivity contribution < 1.29 is 4.74 Å². The van der Waals surface area contributed by atoms with E-state index < -0.39 is 0 Å². The fourth-order valence-electron chi connectivity index (χ4n) is 2.01. The van der Waals surface area contributed by atoms with Crippen molar-refractivity contribution in [2.45, 2.75) is 63.3 Å². The van der Waals surface area contributed by atoms with E-state index in [2.05, 4.69) is 30.9 Å². The maximum absolute atomic E-state index is 5.66. The molecule has 1 N–H and O–H groups in total. The summed E-state index contributed by atoms with van der Waals surface area (Å²) in [6, 6.07) is 0.509. The fourth-order valence-corrected chi connectivity index (χ4v) is 3.44. The summed E-state index contributed by atoms with van der Waals surface area (Å²) >= 11 is 2.14. The van der Waals surface area contributed by atoms with Gasteiger partial charge in [0.15, 0.2) is 0 Å². The third-order valence-electron chi connectivity index (χ3n) is 3.12. The van der Waals surface area contributed by atoms with Crippen LogP contribution < -0.4 is 5.32 Å². The van der Waals surface area contributed by atoms with E-state index in [0.29, 0.717) is 12.1 Å². The molecule has 1 unspecified atom stereocenters. The summed E-state index contributed by atoms with van der Waals surface area (Å²) in [6.07, 6.45) is 7.51. The third-order valence-corrected chi connectivity index (χ3v) is 4.66. The molecule has 0 amide bonds. The Hall–Kier alpha value is 0.270. The zero-order chi connectivity index (χ0) is 11.8. The minimum Gasteiger partial charge on any atom is -0.377 e. The van der Waals surface area contributed by atoms with E-state index in [4.69, 9.17) is 4.74 Å². The zero-order valence-corrected chi connectivity index (χ0v) is 11.8. The highest BCUT2D eigenvalue weighted by Gasteiger charge is 2.16. The van der Waals surface area contributed by atoms with Crippen molar-refractivity contribution in [2.75, 3.05) is 19.4 Å². The summed E-state index contributed by atoms with van der Waals surface area (Å²) in [5.74, 6) is 1.19. The molecular weight excluding hydrogens is 218 g/mol. The van der Waals surface area contributed by atoms with Gasteiger partial charge in [0.05, 0.1) is 12.7 Å². The average Bonchev–Trinajstić information content (AvgIpc) is 2.30. The SMILES string of the molecule is CNC(COC(C)C)CSC1CCCCC1. The van der Waals surface area contributed by atoms with Gasteiger partial charge in [0.25, 0.3) is 0 Å². The lowest BCUT2D eigenvalue weighted by atomic mass is 10.0. The highest BCUT2D eigenvalue weighted by molar-refractivity contribution is 7.99. The maximum Gasteiger partial charge on any atom is 0.0631 e. The van der Waals surface area contributed by atoms with Crippen molar-refractivity contribution in [2.24, 2.45) is 0 Å². The van der Waals surface area contributed by atoms with Gasteiger partial charge in [-0.15, -0.1) is 0 Å². The summed E-state index contributed by atoms with van der Waals surface area (Å²) in [6.45, 7) is 5.04. The van der Waals surface area contributed by atoms with Gasteiger partial charge in [-0.3, -0.25) is 0 Å². The Balaban J connectivity index is 2.11. The van der Waals surface area contributed by atoms with Crippen LogP contribution in [0.15, 0.2) is 0 Å². The smallest absolute Gasteiger partial charge is 0.0631 e. The Kier molecular flexibility index (Phi) is 7.50. The molecule has 3 heteroatoms. The third kappa shape index (κ3) is 6.12. The maximum atomic E-state index is 5.66. The van der Waals surface area contributed by atoms with Crippen molar-refractivity contribution in [3.05, 3.63) is 0 Å². The topological polar surface area (TPSA) is 21.3 Å². The number of ether oxygens (including phenoxy) is 1. The van der Waals surface area contributed by atoms with Gasteiger partial charge in [0.2, 0.25) is 0 Å².